The van der Waals surface area contributed by atoms with Gasteiger partial charge in [-0.15, -0.1) is 10.2 Å². The third-order valence-corrected chi connectivity index (χ3v) is 3.18. The monoisotopic (exact) mass is 318 g/mol. The summed E-state index contributed by atoms with van der Waals surface area (Å²) in [5, 5.41) is 44.1. The van der Waals surface area contributed by atoms with Crippen molar-refractivity contribution < 1.29 is 0 Å². The molecule has 24 heavy (non-hydrogen) atoms. The molecule has 0 N–H and O–H groups in total. The first-order valence-electron chi connectivity index (χ1n) is 6.88. The van der Waals surface area contributed by atoms with Crippen LogP contribution in [0.15, 0.2) is 10.2 Å². The smallest absolute Gasteiger partial charge is 0.251 e. The first-order chi connectivity index (χ1) is 11.6. The summed E-state index contributed by atoms with van der Waals surface area (Å²) >= 11 is 0. The van der Waals surface area contributed by atoms with Crippen molar-refractivity contribution in [2.75, 3.05) is 0 Å². The minimum absolute atomic E-state index is 0.0393. The molecule has 10 heteroatoms. The Labute approximate surface area is 137 Å². The van der Waals surface area contributed by atoms with Crippen molar-refractivity contribution in [2.45, 2.75) is 26.9 Å². The molecule has 0 saturated carbocycles. The summed E-state index contributed by atoms with van der Waals surface area (Å²) in [6, 6.07) is 7.48. The lowest BCUT2D eigenvalue weighted by molar-refractivity contribution is 0.731. The fourth-order valence-electron chi connectivity index (χ4n) is 2.11. The molecule has 0 aliphatic carbocycles. The van der Waals surface area contributed by atoms with Crippen molar-refractivity contribution in [1.82, 2.24) is 19.1 Å². The van der Waals surface area contributed by atoms with E-state index in [1.54, 1.807) is 13.8 Å². The zero-order chi connectivity index (χ0) is 17.7. The second-order valence-electron chi connectivity index (χ2n) is 4.35. The summed E-state index contributed by atoms with van der Waals surface area (Å²) in [7, 11) is 0. The third kappa shape index (κ3) is 2.56. The molecule has 0 aromatic carbocycles. The maximum Gasteiger partial charge on any atom is 0.251 e. The maximum absolute atomic E-state index is 9.12. The van der Waals surface area contributed by atoms with Gasteiger partial charge in [-0.05, 0) is 13.8 Å². The standard InChI is InChI=1S/C14H10N10/c1-3-23-11(7-17)9(5-15)19-13(23)21-22-14-20-10(6-16)12(8-18)24(14)4-2/h3-4H2,1-2H3. The zero-order valence-electron chi connectivity index (χ0n) is 12.9. The van der Waals surface area contributed by atoms with Crippen LogP contribution in [-0.4, -0.2) is 19.1 Å². The van der Waals surface area contributed by atoms with Crippen LogP contribution in [0.4, 0.5) is 11.9 Å². The molecule has 0 aliphatic rings. The predicted molar refractivity (Wildman–Crippen MR) is 78.8 cm³/mol. The Morgan fingerprint density at radius 2 is 1.12 bits per heavy atom. The number of nitrogens with zero attached hydrogens (tertiary/aromatic N) is 10. The molecule has 0 bridgehead atoms. The topological polar surface area (TPSA) is 156 Å². The highest BCUT2D eigenvalue weighted by molar-refractivity contribution is 5.45. The Kier molecular flexibility index (Phi) is 4.65. The van der Waals surface area contributed by atoms with E-state index < -0.39 is 0 Å². The molecular formula is C14H10N10. The van der Waals surface area contributed by atoms with Gasteiger partial charge in [0.2, 0.25) is 0 Å². The van der Waals surface area contributed by atoms with Crippen molar-refractivity contribution in [2.24, 2.45) is 10.2 Å². The van der Waals surface area contributed by atoms with Gasteiger partial charge in [-0.2, -0.15) is 31.0 Å². The maximum atomic E-state index is 9.12. The van der Waals surface area contributed by atoms with E-state index in [0.717, 1.165) is 0 Å². The normalized spacial score (nSPS) is 10.1. The fourth-order valence-corrected chi connectivity index (χ4v) is 2.11. The van der Waals surface area contributed by atoms with Crippen LogP contribution in [-0.2, 0) is 13.1 Å². The van der Waals surface area contributed by atoms with Crippen LogP contribution >= 0.6 is 0 Å². The number of rotatable bonds is 4. The molecule has 0 radical (unpaired) electrons. The van der Waals surface area contributed by atoms with Gasteiger partial charge in [0, 0.05) is 13.1 Å². The Morgan fingerprint density at radius 1 is 0.750 bits per heavy atom. The Morgan fingerprint density at radius 3 is 1.38 bits per heavy atom. The van der Waals surface area contributed by atoms with Crippen LogP contribution in [0.5, 0.6) is 0 Å². The number of hydrogen-bond donors (Lipinski definition) is 0. The highest BCUT2D eigenvalue weighted by atomic mass is 15.3. The average molecular weight is 318 g/mol. The van der Waals surface area contributed by atoms with Gasteiger partial charge in [0.05, 0.1) is 0 Å². The zero-order valence-corrected chi connectivity index (χ0v) is 12.9. The number of azo groups is 1. The van der Waals surface area contributed by atoms with Gasteiger partial charge in [0.25, 0.3) is 11.9 Å². The average Bonchev–Trinajstić information content (AvgIpc) is 3.15. The first kappa shape index (κ1) is 16.4. The van der Waals surface area contributed by atoms with Gasteiger partial charge in [0.1, 0.15) is 24.3 Å². The lowest BCUT2D eigenvalue weighted by atomic mass is 10.3. The highest BCUT2D eigenvalue weighted by Gasteiger charge is 2.18. The van der Waals surface area contributed by atoms with Crippen LogP contribution in [0, 0.1) is 45.3 Å². The van der Waals surface area contributed by atoms with E-state index in [2.05, 4.69) is 20.2 Å². The number of aromatic nitrogens is 4. The van der Waals surface area contributed by atoms with Crippen molar-refractivity contribution in [3.63, 3.8) is 0 Å². The SMILES string of the molecule is CCn1c(N=Nc2nc(C#N)c(C#N)n2CC)nc(C#N)c1C#N. The quantitative estimate of drug-likeness (QED) is 0.785. The summed E-state index contributed by atoms with van der Waals surface area (Å²) < 4.78 is 2.88. The molecule has 10 nitrogen and oxygen atoms in total. The van der Waals surface area contributed by atoms with E-state index in [-0.39, 0.29) is 34.7 Å². The third-order valence-electron chi connectivity index (χ3n) is 3.18. The van der Waals surface area contributed by atoms with Crippen LogP contribution in [0.2, 0.25) is 0 Å². The number of nitriles is 4. The van der Waals surface area contributed by atoms with Crippen LogP contribution in [0.1, 0.15) is 36.6 Å². The van der Waals surface area contributed by atoms with Gasteiger partial charge >= 0.3 is 0 Å². The van der Waals surface area contributed by atoms with Crippen LogP contribution < -0.4 is 0 Å². The van der Waals surface area contributed by atoms with Crippen molar-refractivity contribution in [3.05, 3.63) is 22.8 Å². The summed E-state index contributed by atoms with van der Waals surface area (Å²) in [6.45, 7) is 4.30. The van der Waals surface area contributed by atoms with Crippen molar-refractivity contribution >= 4 is 11.9 Å². The van der Waals surface area contributed by atoms with Gasteiger partial charge in [-0.25, -0.2) is 0 Å². The molecule has 0 aliphatic heterocycles. The fraction of sp³-hybridized carbons (Fsp3) is 0.286. The Balaban J connectivity index is 2.55. The van der Waals surface area contributed by atoms with Gasteiger partial charge in [0.15, 0.2) is 22.8 Å². The van der Waals surface area contributed by atoms with Crippen LogP contribution in [0.3, 0.4) is 0 Å². The predicted octanol–water partition coefficient (Wildman–Crippen LogP) is 2.02. The molecule has 0 atom stereocenters. The molecule has 2 aromatic rings. The molecule has 2 aromatic heterocycles. The first-order valence-corrected chi connectivity index (χ1v) is 6.88. The van der Waals surface area contributed by atoms with E-state index in [1.807, 2.05) is 24.3 Å². The van der Waals surface area contributed by atoms with E-state index in [4.69, 9.17) is 21.0 Å². The highest BCUT2D eigenvalue weighted by Crippen LogP contribution is 2.22. The van der Waals surface area contributed by atoms with Crippen molar-refractivity contribution in [1.29, 1.82) is 21.0 Å². The van der Waals surface area contributed by atoms with E-state index in [1.165, 1.54) is 9.13 Å². The molecule has 0 spiro atoms. The molecule has 0 saturated heterocycles. The molecule has 0 fully saturated rings. The van der Waals surface area contributed by atoms with Gasteiger partial charge < -0.3 is 0 Å². The van der Waals surface area contributed by atoms with Gasteiger partial charge in [-0.1, -0.05) is 0 Å². The summed E-state index contributed by atoms with van der Waals surface area (Å²) in [4.78, 5) is 7.92. The van der Waals surface area contributed by atoms with Crippen molar-refractivity contribution in [3.8, 4) is 24.3 Å². The van der Waals surface area contributed by atoms with Crippen LogP contribution in [0.25, 0.3) is 0 Å². The molecule has 0 amide bonds. The number of hydrogen-bond acceptors (Lipinski definition) is 8. The number of imidazole rings is 2. The Hall–Kier alpha value is -4.02. The lowest BCUT2D eigenvalue weighted by Gasteiger charge is -2.01. The molecule has 2 heterocycles. The molecule has 116 valence electrons. The summed E-state index contributed by atoms with van der Waals surface area (Å²) in [5.41, 5.74) is 0.122. The van der Waals surface area contributed by atoms with E-state index in [9.17, 15) is 0 Å². The summed E-state index contributed by atoms with van der Waals surface area (Å²) in [5.74, 6) is 0.154. The molecular weight excluding hydrogens is 308 g/mol. The second-order valence-corrected chi connectivity index (χ2v) is 4.35. The molecule has 2 rings (SSSR count). The Bertz CT molecular complexity index is 897. The minimum Gasteiger partial charge on any atom is -0.298 e. The molecule has 0 unspecified atom stereocenters. The lowest BCUT2D eigenvalue weighted by Crippen LogP contribution is -1.98. The van der Waals surface area contributed by atoms with Gasteiger partial charge in [-0.3, -0.25) is 9.13 Å². The second kappa shape index (κ2) is 6.83. The van der Waals surface area contributed by atoms with E-state index in [0.29, 0.717) is 13.1 Å². The summed E-state index contributed by atoms with van der Waals surface area (Å²) in [6.07, 6.45) is 0. The largest absolute Gasteiger partial charge is 0.298 e. The van der Waals surface area contributed by atoms with E-state index >= 15 is 0 Å². The minimum atomic E-state index is -0.0393.